The Balaban J connectivity index is 1.97. The van der Waals surface area contributed by atoms with E-state index in [9.17, 15) is 4.79 Å². The molecule has 0 radical (unpaired) electrons. The molecule has 0 unspecified atom stereocenters. The number of carbonyl (C=O) groups excluding carboxylic acids is 1. The molecule has 1 amide bonds. The van der Waals surface area contributed by atoms with E-state index in [4.69, 9.17) is 5.73 Å². The Kier molecular flexibility index (Phi) is 0.644. The van der Waals surface area contributed by atoms with Crippen LogP contribution in [0.3, 0.4) is 0 Å². The van der Waals surface area contributed by atoms with E-state index in [0.29, 0.717) is 5.92 Å². The molecule has 0 aliphatic heterocycles. The smallest absolute Gasteiger partial charge is 0.221 e. The second-order valence-electron chi connectivity index (χ2n) is 4.06. The maximum atomic E-state index is 10.9. The lowest BCUT2D eigenvalue weighted by atomic mass is 9.98. The van der Waals surface area contributed by atoms with Gasteiger partial charge in [-0.2, -0.15) is 0 Å². The normalized spacial score (nSPS) is 61.0. The minimum atomic E-state index is -0.0301. The van der Waals surface area contributed by atoms with Crippen LogP contribution in [0.15, 0.2) is 0 Å². The first-order valence-corrected chi connectivity index (χ1v) is 4.08. The summed E-state index contributed by atoms with van der Waals surface area (Å²) in [6.45, 7) is 0. The van der Waals surface area contributed by atoms with Crippen LogP contribution in [0.25, 0.3) is 0 Å². The van der Waals surface area contributed by atoms with Gasteiger partial charge >= 0.3 is 0 Å². The van der Waals surface area contributed by atoms with E-state index in [-0.39, 0.29) is 11.8 Å². The maximum Gasteiger partial charge on any atom is 0.221 e. The van der Waals surface area contributed by atoms with Crippen molar-refractivity contribution in [2.45, 2.75) is 12.8 Å². The lowest BCUT2D eigenvalue weighted by Gasteiger charge is -2.08. The van der Waals surface area contributed by atoms with Crippen molar-refractivity contribution < 1.29 is 4.79 Å². The van der Waals surface area contributed by atoms with Gasteiger partial charge in [0.25, 0.3) is 0 Å². The number of rotatable bonds is 1. The number of hydrogen-bond donors (Lipinski definition) is 1. The summed E-state index contributed by atoms with van der Waals surface area (Å²) in [7, 11) is 0. The molecule has 4 fully saturated rings. The van der Waals surface area contributed by atoms with Gasteiger partial charge in [-0.3, -0.25) is 4.79 Å². The van der Waals surface area contributed by atoms with Gasteiger partial charge in [0, 0.05) is 5.92 Å². The quantitative estimate of drug-likeness (QED) is 0.557. The Morgan fingerprint density at radius 2 is 1.90 bits per heavy atom. The molecule has 0 spiro atoms. The molecule has 0 aromatic carbocycles. The van der Waals surface area contributed by atoms with E-state index in [1.165, 1.54) is 12.8 Å². The third kappa shape index (κ3) is 0.360. The number of hydrogen-bond acceptors (Lipinski definition) is 1. The summed E-state index contributed by atoms with van der Waals surface area (Å²) >= 11 is 0. The molecule has 2 heteroatoms. The highest BCUT2D eigenvalue weighted by molar-refractivity contribution is 5.79. The average Bonchev–Trinajstić information content (AvgIpc) is 2.38. The van der Waals surface area contributed by atoms with Gasteiger partial charge in [-0.15, -0.1) is 0 Å². The largest absolute Gasteiger partial charge is 0.369 e. The van der Waals surface area contributed by atoms with E-state index >= 15 is 0 Å². The maximum absolute atomic E-state index is 10.9. The van der Waals surface area contributed by atoms with Crippen LogP contribution in [0.5, 0.6) is 0 Å². The van der Waals surface area contributed by atoms with Gasteiger partial charge in [0.2, 0.25) is 5.91 Å². The molecule has 4 bridgehead atoms. The Morgan fingerprint density at radius 1 is 1.30 bits per heavy atom. The summed E-state index contributed by atoms with van der Waals surface area (Å²) in [5.41, 5.74) is 5.29. The summed E-state index contributed by atoms with van der Waals surface area (Å²) in [5.74, 6) is 3.53. The third-order valence-corrected chi connectivity index (χ3v) is 3.80. The summed E-state index contributed by atoms with van der Waals surface area (Å²) in [4.78, 5) is 10.9. The Hall–Kier alpha value is -0.530. The zero-order valence-electron chi connectivity index (χ0n) is 5.79. The van der Waals surface area contributed by atoms with E-state index in [1.54, 1.807) is 0 Å². The second kappa shape index (κ2) is 1.25. The first kappa shape index (κ1) is 5.16. The van der Waals surface area contributed by atoms with E-state index in [0.717, 1.165) is 17.8 Å². The molecule has 2 N–H and O–H groups in total. The van der Waals surface area contributed by atoms with E-state index in [1.807, 2.05) is 0 Å². The molecule has 54 valence electrons. The molecule has 4 rings (SSSR count). The second-order valence-corrected chi connectivity index (χ2v) is 4.06. The van der Waals surface area contributed by atoms with Crippen molar-refractivity contribution in [3.63, 3.8) is 0 Å². The van der Waals surface area contributed by atoms with Crippen LogP contribution < -0.4 is 5.73 Å². The summed E-state index contributed by atoms with van der Waals surface area (Å²) in [5, 5.41) is 0. The fraction of sp³-hybridized carbons (Fsp3) is 0.875. The Morgan fingerprint density at radius 3 is 2.10 bits per heavy atom. The molecule has 4 aliphatic carbocycles. The van der Waals surface area contributed by atoms with Gasteiger partial charge in [0.05, 0.1) is 0 Å². The van der Waals surface area contributed by atoms with Crippen LogP contribution in [0.1, 0.15) is 12.8 Å². The average molecular weight is 137 g/mol. The molecule has 0 heterocycles. The highest BCUT2D eigenvalue weighted by Gasteiger charge is 2.69. The van der Waals surface area contributed by atoms with Gasteiger partial charge < -0.3 is 5.73 Å². The highest BCUT2D eigenvalue weighted by Crippen LogP contribution is 2.73. The lowest BCUT2D eigenvalue weighted by Crippen LogP contribution is -2.25. The molecule has 0 saturated heterocycles. The van der Waals surface area contributed by atoms with E-state index in [2.05, 4.69) is 0 Å². The summed E-state index contributed by atoms with van der Waals surface area (Å²) in [6, 6.07) is 0. The SMILES string of the molecule is NC(=O)[C@@H]1C2C[C@H]3C1[C@@H]3C2. The van der Waals surface area contributed by atoms with Crippen LogP contribution >= 0.6 is 0 Å². The van der Waals surface area contributed by atoms with Crippen LogP contribution in [0, 0.1) is 29.6 Å². The van der Waals surface area contributed by atoms with Gasteiger partial charge in [0.1, 0.15) is 0 Å². The number of primary amides is 1. The number of nitrogens with two attached hydrogens (primary N) is 1. The molecule has 2 nitrogen and oxygen atoms in total. The molecular weight excluding hydrogens is 126 g/mol. The summed E-state index contributed by atoms with van der Waals surface area (Å²) in [6.07, 6.45) is 2.62. The fourth-order valence-corrected chi connectivity index (χ4v) is 3.50. The Labute approximate surface area is 59.8 Å². The lowest BCUT2D eigenvalue weighted by molar-refractivity contribution is -0.122. The molecular formula is C8H11NO. The van der Waals surface area contributed by atoms with Gasteiger partial charge in [-0.25, -0.2) is 0 Å². The van der Waals surface area contributed by atoms with Crippen molar-refractivity contribution in [3.8, 4) is 0 Å². The minimum Gasteiger partial charge on any atom is -0.369 e. The van der Waals surface area contributed by atoms with Crippen molar-refractivity contribution in [2.24, 2.45) is 35.3 Å². The van der Waals surface area contributed by atoms with Crippen LogP contribution in [-0.4, -0.2) is 5.91 Å². The van der Waals surface area contributed by atoms with Gasteiger partial charge in [-0.1, -0.05) is 0 Å². The molecule has 4 saturated carbocycles. The minimum absolute atomic E-state index is 0.0301. The highest BCUT2D eigenvalue weighted by atomic mass is 16.1. The predicted molar refractivity (Wildman–Crippen MR) is 35.9 cm³/mol. The number of carbonyl (C=O) groups is 1. The zero-order valence-corrected chi connectivity index (χ0v) is 5.79. The molecule has 4 aliphatic rings. The zero-order chi connectivity index (χ0) is 6.88. The van der Waals surface area contributed by atoms with Crippen LogP contribution in [-0.2, 0) is 4.79 Å². The van der Waals surface area contributed by atoms with Crippen molar-refractivity contribution in [3.05, 3.63) is 0 Å². The summed E-state index contributed by atoms with van der Waals surface area (Å²) < 4.78 is 0. The predicted octanol–water partition coefficient (Wildman–Crippen LogP) is 0.374. The monoisotopic (exact) mass is 137 g/mol. The number of amides is 1. The first-order valence-electron chi connectivity index (χ1n) is 4.08. The van der Waals surface area contributed by atoms with E-state index < -0.39 is 0 Å². The van der Waals surface area contributed by atoms with Gasteiger partial charge in [-0.05, 0) is 36.5 Å². The van der Waals surface area contributed by atoms with Crippen molar-refractivity contribution in [1.29, 1.82) is 0 Å². The van der Waals surface area contributed by atoms with Crippen LogP contribution in [0.2, 0.25) is 0 Å². The fourth-order valence-electron chi connectivity index (χ4n) is 3.50. The molecule has 0 aromatic rings. The van der Waals surface area contributed by atoms with Crippen molar-refractivity contribution in [1.82, 2.24) is 0 Å². The molecule has 10 heavy (non-hydrogen) atoms. The van der Waals surface area contributed by atoms with Crippen LogP contribution in [0.4, 0.5) is 0 Å². The third-order valence-electron chi connectivity index (χ3n) is 3.80. The first-order chi connectivity index (χ1) is 4.79. The standard InChI is InChI=1S/C8H11NO/c9-8(10)6-3-1-4-5(2-3)7(4)6/h3-7H,1-2H2,(H2,9,10)/t3?,4-,5-,6-,7?/m1/s1. The van der Waals surface area contributed by atoms with Crippen molar-refractivity contribution in [2.75, 3.05) is 0 Å². The van der Waals surface area contributed by atoms with Gasteiger partial charge in [0.15, 0.2) is 0 Å². The Bertz CT molecular complexity index is 199. The topological polar surface area (TPSA) is 43.1 Å². The van der Waals surface area contributed by atoms with Crippen molar-refractivity contribution >= 4 is 5.91 Å². The molecule has 0 aromatic heterocycles. The molecule has 3 atom stereocenters.